The Morgan fingerprint density at radius 1 is 1.19 bits per heavy atom. The molecule has 0 fully saturated rings. The molecule has 21 heavy (non-hydrogen) atoms. The van der Waals surface area contributed by atoms with Crippen LogP contribution in [-0.4, -0.2) is 4.98 Å². The molecule has 2 heterocycles. The average Bonchev–Trinajstić information content (AvgIpc) is 3.02. The standard InChI is InChI=1S/C18H18N2S/c19-18(15-6-3-7-17-14(15)8-9-21-17)16-11-20-10-12-4-1-2-5-13(12)16/h1-2,4-5,8-11,15,18H,3,6-7,19H2. The van der Waals surface area contributed by atoms with Crippen LogP contribution in [0.1, 0.15) is 40.8 Å². The molecule has 3 heteroatoms. The van der Waals surface area contributed by atoms with Crippen molar-refractivity contribution >= 4 is 22.1 Å². The lowest BCUT2D eigenvalue weighted by Gasteiger charge is -2.29. The molecule has 2 aromatic heterocycles. The molecule has 106 valence electrons. The summed E-state index contributed by atoms with van der Waals surface area (Å²) in [5.74, 6) is 0.424. The molecule has 0 amide bonds. The van der Waals surface area contributed by atoms with Crippen LogP contribution in [0, 0.1) is 0 Å². The van der Waals surface area contributed by atoms with Crippen molar-refractivity contribution in [2.75, 3.05) is 0 Å². The summed E-state index contributed by atoms with van der Waals surface area (Å²) in [5, 5.41) is 4.62. The summed E-state index contributed by atoms with van der Waals surface area (Å²) in [4.78, 5) is 5.92. The first-order valence-corrected chi connectivity index (χ1v) is 8.37. The van der Waals surface area contributed by atoms with Gasteiger partial charge in [0.15, 0.2) is 0 Å². The van der Waals surface area contributed by atoms with Crippen LogP contribution in [0.3, 0.4) is 0 Å². The number of pyridine rings is 1. The van der Waals surface area contributed by atoms with Crippen LogP contribution in [0.5, 0.6) is 0 Å². The number of rotatable bonds is 2. The number of hydrogen-bond donors (Lipinski definition) is 1. The second-order valence-electron chi connectivity index (χ2n) is 5.77. The van der Waals surface area contributed by atoms with E-state index < -0.39 is 0 Å². The number of hydrogen-bond acceptors (Lipinski definition) is 3. The Balaban J connectivity index is 1.80. The Kier molecular flexibility index (Phi) is 3.24. The van der Waals surface area contributed by atoms with Crippen LogP contribution >= 0.6 is 11.3 Å². The fourth-order valence-electron chi connectivity index (χ4n) is 3.52. The van der Waals surface area contributed by atoms with E-state index >= 15 is 0 Å². The van der Waals surface area contributed by atoms with Gasteiger partial charge in [-0.2, -0.15) is 0 Å². The van der Waals surface area contributed by atoms with Gasteiger partial charge in [0.1, 0.15) is 0 Å². The summed E-state index contributed by atoms with van der Waals surface area (Å²) >= 11 is 1.87. The van der Waals surface area contributed by atoms with Crippen LogP contribution in [0.15, 0.2) is 48.1 Å². The van der Waals surface area contributed by atoms with Crippen molar-refractivity contribution < 1.29 is 0 Å². The first-order chi connectivity index (χ1) is 10.3. The first kappa shape index (κ1) is 13.0. The lowest BCUT2D eigenvalue weighted by Crippen LogP contribution is -2.23. The molecule has 0 saturated heterocycles. The van der Waals surface area contributed by atoms with Crippen molar-refractivity contribution in [2.45, 2.75) is 31.2 Å². The van der Waals surface area contributed by atoms with E-state index in [0.717, 1.165) is 0 Å². The zero-order valence-electron chi connectivity index (χ0n) is 11.8. The zero-order chi connectivity index (χ0) is 14.2. The Bertz CT molecular complexity index is 772. The molecule has 1 aliphatic rings. The minimum Gasteiger partial charge on any atom is -0.323 e. The van der Waals surface area contributed by atoms with Gasteiger partial charge in [-0.1, -0.05) is 24.3 Å². The second-order valence-corrected chi connectivity index (χ2v) is 6.77. The predicted octanol–water partition coefficient (Wildman–Crippen LogP) is 4.42. The van der Waals surface area contributed by atoms with E-state index in [2.05, 4.69) is 40.7 Å². The van der Waals surface area contributed by atoms with Crippen LogP contribution in [0.2, 0.25) is 0 Å². The molecule has 1 aromatic carbocycles. The number of nitrogens with zero attached hydrogens (tertiary/aromatic N) is 1. The normalized spacial score (nSPS) is 19.4. The SMILES string of the molecule is NC(c1cncc2ccccc12)C1CCCc2sccc21. The van der Waals surface area contributed by atoms with Gasteiger partial charge in [0.2, 0.25) is 0 Å². The third-order valence-corrected chi connectivity index (χ3v) is 5.59. The van der Waals surface area contributed by atoms with Crippen molar-refractivity contribution in [3.63, 3.8) is 0 Å². The van der Waals surface area contributed by atoms with Crippen molar-refractivity contribution in [2.24, 2.45) is 5.73 Å². The molecule has 0 aliphatic heterocycles. The number of aromatic nitrogens is 1. The molecular formula is C18H18N2S. The monoisotopic (exact) mass is 294 g/mol. The quantitative estimate of drug-likeness (QED) is 0.760. The predicted molar refractivity (Wildman–Crippen MR) is 88.7 cm³/mol. The molecule has 2 nitrogen and oxygen atoms in total. The van der Waals surface area contributed by atoms with E-state index in [9.17, 15) is 0 Å². The third-order valence-electron chi connectivity index (χ3n) is 4.59. The van der Waals surface area contributed by atoms with Gasteiger partial charge in [0.25, 0.3) is 0 Å². The van der Waals surface area contributed by atoms with Crippen LogP contribution < -0.4 is 5.73 Å². The van der Waals surface area contributed by atoms with Crippen LogP contribution in [0.25, 0.3) is 10.8 Å². The van der Waals surface area contributed by atoms with E-state index in [0.29, 0.717) is 5.92 Å². The molecule has 0 radical (unpaired) electrons. The Hall–Kier alpha value is -1.71. The maximum atomic E-state index is 6.67. The largest absolute Gasteiger partial charge is 0.323 e. The smallest absolute Gasteiger partial charge is 0.0386 e. The highest BCUT2D eigenvalue weighted by atomic mass is 32.1. The number of nitrogens with two attached hydrogens (primary N) is 1. The zero-order valence-corrected chi connectivity index (χ0v) is 12.6. The Morgan fingerprint density at radius 2 is 2.10 bits per heavy atom. The van der Waals surface area contributed by atoms with Gasteiger partial charge in [0.05, 0.1) is 0 Å². The molecule has 0 saturated carbocycles. The summed E-state index contributed by atoms with van der Waals surface area (Å²) in [7, 11) is 0. The molecule has 0 spiro atoms. The molecular weight excluding hydrogens is 276 g/mol. The van der Waals surface area contributed by atoms with E-state index in [4.69, 9.17) is 5.73 Å². The molecule has 2 atom stereocenters. The van der Waals surface area contributed by atoms with Gasteiger partial charge in [-0.15, -0.1) is 11.3 Å². The lowest BCUT2D eigenvalue weighted by molar-refractivity contribution is 0.480. The fourth-order valence-corrected chi connectivity index (χ4v) is 4.51. The highest BCUT2D eigenvalue weighted by molar-refractivity contribution is 7.10. The second kappa shape index (κ2) is 5.24. The molecule has 1 aliphatic carbocycles. The van der Waals surface area contributed by atoms with Gasteiger partial charge >= 0.3 is 0 Å². The summed E-state index contributed by atoms with van der Waals surface area (Å²) < 4.78 is 0. The summed E-state index contributed by atoms with van der Waals surface area (Å²) in [5.41, 5.74) is 9.32. The van der Waals surface area contributed by atoms with Crippen molar-refractivity contribution in [1.29, 1.82) is 0 Å². The molecule has 2 unspecified atom stereocenters. The van der Waals surface area contributed by atoms with Gasteiger partial charge < -0.3 is 5.73 Å². The maximum Gasteiger partial charge on any atom is 0.0386 e. The van der Waals surface area contributed by atoms with E-state index in [1.54, 1.807) is 0 Å². The average molecular weight is 294 g/mol. The topological polar surface area (TPSA) is 38.9 Å². The third kappa shape index (κ3) is 2.17. The highest BCUT2D eigenvalue weighted by Crippen LogP contribution is 2.42. The van der Waals surface area contributed by atoms with Gasteiger partial charge in [0, 0.05) is 34.6 Å². The van der Waals surface area contributed by atoms with E-state index in [1.807, 2.05) is 23.7 Å². The van der Waals surface area contributed by atoms with Crippen molar-refractivity contribution in [3.8, 4) is 0 Å². The van der Waals surface area contributed by atoms with Crippen molar-refractivity contribution in [3.05, 3.63) is 64.1 Å². The Labute approximate surface area is 128 Å². The molecule has 2 N–H and O–H groups in total. The Morgan fingerprint density at radius 3 is 3.05 bits per heavy atom. The summed E-state index contributed by atoms with van der Waals surface area (Å²) in [6.45, 7) is 0. The fraction of sp³-hybridized carbons (Fsp3) is 0.278. The van der Waals surface area contributed by atoms with E-state index in [-0.39, 0.29) is 6.04 Å². The maximum absolute atomic E-state index is 6.67. The minimum absolute atomic E-state index is 0.0252. The van der Waals surface area contributed by atoms with Gasteiger partial charge in [-0.25, -0.2) is 0 Å². The molecule has 3 aromatic rings. The molecule has 0 bridgehead atoms. The summed E-state index contributed by atoms with van der Waals surface area (Å²) in [6, 6.07) is 10.7. The van der Waals surface area contributed by atoms with E-state index in [1.165, 1.54) is 46.0 Å². The number of fused-ring (bicyclic) bond motifs is 2. The first-order valence-electron chi connectivity index (χ1n) is 7.49. The lowest BCUT2D eigenvalue weighted by atomic mass is 9.80. The van der Waals surface area contributed by atoms with Crippen molar-refractivity contribution in [1.82, 2.24) is 4.98 Å². The summed E-state index contributed by atoms with van der Waals surface area (Å²) in [6.07, 6.45) is 7.50. The van der Waals surface area contributed by atoms with Crippen LogP contribution in [-0.2, 0) is 6.42 Å². The highest BCUT2D eigenvalue weighted by Gasteiger charge is 2.28. The number of benzene rings is 1. The molecule has 4 rings (SSSR count). The van der Waals surface area contributed by atoms with Gasteiger partial charge in [-0.3, -0.25) is 4.98 Å². The van der Waals surface area contributed by atoms with Gasteiger partial charge in [-0.05, 0) is 47.2 Å². The van der Waals surface area contributed by atoms with Crippen LogP contribution in [0.4, 0.5) is 0 Å². The number of aryl methyl sites for hydroxylation is 1. The minimum atomic E-state index is 0.0252. The number of thiophene rings is 1.